The molecular weight excluding hydrogens is 415 g/mol. The van der Waals surface area contributed by atoms with Gasteiger partial charge in [0.05, 0.1) is 11.7 Å². The van der Waals surface area contributed by atoms with Crippen LogP contribution in [0.5, 0.6) is 0 Å². The summed E-state index contributed by atoms with van der Waals surface area (Å²) in [6, 6.07) is 14.0. The number of aliphatic hydroxyl groups is 2. The molecule has 0 bridgehead atoms. The Hall–Kier alpha value is -1.63. The van der Waals surface area contributed by atoms with Crippen LogP contribution in [-0.2, 0) is 0 Å². The second-order valence-corrected chi connectivity index (χ2v) is 8.50. The van der Waals surface area contributed by atoms with E-state index in [0.29, 0.717) is 33.7 Å². The lowest BCUT2D eigenvalue weighted by Gasteiger charge is -2.47. The van der Waals surface area contributed by atoms with E-state index in [0.717, 1.165) is 23.1 Å². The molecule has 2 aromatic rings. The Balaban J connectivity index is 1.78. The third-order valence-electron chi connectivity index (χ3n) is 5.47. The SMILES string of the molecule is OC(C1=C2NC(=S)NC(c3ccc(Cl)cc3)C2(O)CCC1)c1ccc(Cl)cc1. The molecule has 4 nitrogen and oxygen atoms in total. The quantitative estimate of drug-likeness (QED) is 0.538. The monoisotopic (exact) mass is 434 g/mol. The summed E-state index contributed by atoms with van der Waals surface area (Å²) < 4.78 is 0. The Bertz CT molecular complexity index is 930. The molecule has 0 spiro atoms. The summed E-state index contributed by atoms with van der Waals surface area (Å²) in [6.45, 7) is 0. The minimum Gasteiger partial charge on any atom is -0.384 e. The minimum absolute atomic E-state index is 0.419. The molecule has 2 aromatic carbocycles. The maximum atomic E-state index is 11.7. The van der Waals surface area contributed by atoms with Crippen LogP contribution in [-0.4, -0.2) is 20.9 Å². The smallest absolute Gasteiger partial charge is 0.171 e. The van der Waals surface area contributed by atoms with Crippen LogP contribution in [0.1, 0.15) is 42.5 Å². The van der Waals surface area contributed by atoms with Crippen LogP contribution in [0.15, 0.2) is 59.8 Å². The van der Waals surface area contributed by atoms with Crippen molar-refractivity contribution in [3.8, 4) is 0 Å². The number of rotatable bonds is 3. The Labute approximate surface area is 179 Å². The van der Waals surface area contributed by atoms with Crippen molar-refractivity contribution in [1.29, 1.82) is 0 Å². The van der Waals surface area contributed by atoms with Gasteiger partial charge in [-0.3, -0.25) is 0 Å². The van der Waals surface area contributed by atoms with E-state index >= 15 is 0 Å². The highest BCUT2D eigenvalue weighted by atomic mass is 35.5. The standard InChI is InChI=1S/C21H20Cl2N2O2S/c22-14-7-3-12(4-8-14)17(26)16-2-1-11-21(27)18(24-20(28)25-19(16)21)13-5-9-15(23)10-6-13/h3-10,17-18,26-27H,1-2,11H2,(H2,24,25,28). The van der Waals surface area contributed by atoms with Crippen molar-refractivity contribution in [2.24, 2.45) is 0 Å². The van der Waals surface area contributed by atoms with Gasteiger partial charge in [0.2, 0.25) is 0 Å². The highest BCUT2D eigenvalue weighted by Crippen LogP contribution is 2.46. The van der Waals surface area contributed by atoms with Crippen molar-refractivity contribution in [2.45, 2.75) is 37.0 Å². The molecular formula is C21H20Cl2N2O2S. The zero-order valence-corrected chi connectivity index (χ0v) is 17.3. The zero-order valence-electron chi connectivity index (χ0n) is 15.0. The second kappa shape index (κ2) is 7.65. The maximum Gasteiger partial charge on any atom is 0.171 e. The molecule has 7 heteroatoms. The van der Waals surface area contributed by atoms with Gasteiger partial charge < -0.3 is 20.8 Å². The van der Waals surface area contributed by atoms with Crippen LogP contribution in [0.4, 0.5) is 0 Å². The minimum atomic E-state index is -1.21. The molecule has 0 saturated carbocycles. The fraction of sp³-hybridized carbons (Fsp3) is 0.286. The van der Waals surface area contributed by atoms with E-state index in [1.165, 1.54) is 0 Å². The molecule has 28 heavy (non-hydrogen) atoms. The fourth-order valence-electron chi connectivity index (χ4n) is 4.09. The third kappa shape index (κ3) is 3.53. The van der Waals surface area contributed by atoms with E-state index in [4.69, 9.17) is 35.4 Å². The maximum absolute atomic E-state index is 11.7. The predicted octanol–water partition coefficient (Wildman–Crippen LogP) is 4.41. The molecule has 0 amide bonds. The Morgan fingerprint density at radius 3 is 2.29 bits per heavy atom. The summed E-state index contributed by atoms with van der Waals surface area (Å²) >= 11 is 17.4. The van der Waals surface area contributed by atoms with Gasteiger partial charge in [-0.1, -0.05) is 47.5 Å². The van der Waals surface area contributed by atoms with Gasteiger partial charge in [0, 0.05) is 10.0 Å². The van der Waals surface area contributed by atoms with Crippen molar-refractivity contribution in [2.75, 3.05) is 0 Å². The van der Waals surface area contributed by atoms with E-state index in [1.807, 2.05) is 12.1 Å². The van der Waals surface area contributed by atoms with Crippen molar-refractivity contribution in [3.05, 3.63) is 81.0 Å². The Kier molecular flexibility index (Phi) is 5.38. The number of nitrogens with one attached hydrogen (secondary N) is 2. The first-order valence-electron chi connectivity index (χ1n) is 9.11. The average Bonchev–Trinajstić information content (AvgIpc) is 2.68. The van der Waals surface area contributed by atoms with Gasteiger partial charge in [0.1, 0.15) is 11.7 Å². The van der Waals surface area contributed by atoms with Crippen LogP contribution in [0.3, 0.4) is 0 Å². The molecule has 146 valence electrons. The normalized spacial score (nSPS) is 25.6. The molecule has 1 aliphatic carbocycles. The first-order valence-corrected chi connectivity index (χ1v) is 10.3. The molecule has 3 atom stereocenters. The van der Waals surface area contributed by atoms with Crippen LogP contribution in [0.2, 0.25) is 10.0 Å². The summed E-state index contributed by atoms with van der Waals surface area (Å²) in [5.41, 5.74) is 1.74. The summed E-state index contributed by atoms with van der Waals surface area (Å²) in [4.78, 5) is 0. The van der Waals surface area contributed by atoms with Gasteiger partial charge in [-0.2, -0.15) is 0 Å². The molecule has 2 aliphatic rings. The summed E-state index contributed by atoms with van der Waals surface area (Å²) in [6.07, 6.45) is 1.12. The molecule has 0 radical (unpaired) electrons. The first-order chi connectivity index (χ1) is 13.4. The molecule has 0 aromatic heterocycles. The van der Waals surface area contributed by atoms with Gasteiger partial charge in [-0.15, -0.1) is 0 Å². The third-order valence-corrected chi connectivity index (χ3v) is 6.19. The molecule has 3 unspecified atom stereocenters. The number of hydrogen-bond acceptors (Lipinski definition) is 3. The van der Waals surface area contributed by atoms with Crippen molar-refractivity contribution >= 4 is 40.5 Å². The lowest BCUT2D eigenvalue weighted by Crippen LogP contribution is -2.60. The van der Waals surface area contributed by atoms with Gasteiger partial charge in [-0.05, 0) is 72.4 Å². The van der Waals surface area contributed by atoms with Crippen LogP contribution in [0.25, 0.3) is 0 Å². The highest BCUT2D eigenvalue weighted by Gasteiger charge is 2.48. The molecule has 4 N–H and O–H groups in total. The average molecular weight is 435 g/mol. The molecule has 1 saturated heterocycles. The number of fused-ring (bicyclic) bond motifs is 1. The summed E-state index contributed by atoms with van der Waals surface area (Å²) in [5.74, 6) is 0. The largest absolute Gasteiger partial charge is 0.384 e. The predicted molar refractivity (Wildman–Crippen MR) is 115 cm³/mol. The summed E-state index contributed by atoms with van der Waals surface area (Å²) in [5, 5.41) is 30.7. The zero-order chi connectivity index (χ0) is 19.9. The van der Waals surface area contributed by atoms with Gasteiger partial charge in [0.25, 0.3) is 0 Å². The topological polar surface area (TPSA) is 64.5 Å². The van der Waals surface area contributed by atoms with E-state index in [2.05, 4.69) is 10.6 Å². The Morgan fingerprint density at radius 2 is 1.64 bits per heavy atom. The number of hydrogen-bond donors (Lipinski definition) is 4. The lowest BCUT2D eigenvalue weighted by molar-refractivity contribution is 0.0112. The fourth-order valence-corrected chi connectivity index (χ4v) is 4.56. The number of thiocarbonyl (C=S) groups is 1. The molecule has 1 fully saturated rings. The van der Waals surface area contributed by atoms with Crippen LogP contribution < -0.4 is 10.6 Å². The molecule has 1 heterocycles. The highest BCUT2D eigenvalue weighted by molar-refractivity contribution is 7.80. The van der Waals surface area contributed by atoms with Crippen molar-refractivity contribution in [3.63, 3.8) is 0 Å². The van der Waals surface area contributed by atoms with E-state index < -0.39 is 17.7 Å². The van der Waals surface area contributed by atoms with Gasteiger partial charge in [-0.25, -0.2) is 0 Å². The lowest BCUT2D eigenvalue weighted by atomic mass is 9.73. The number of halogens is 2. The molecule has 1 aliphatic heterocycles. The van der Waals surface area contributed by atoms with Crippen molar-refractivity contribution in [1.82, 2.24) is 10.6 Å². The van der Waals surface area contributed by atoms with Crippen LogP contribution in [0, 0.1) is 0 Å². The van der Waals surface area contributed by atoms with Gasteiger partial charge >= 0.3 is 0 Å². The van der Waals surface area contributed by atoms with Gasteiger partial charge in [0.15, 0.2) is 5.11 Å². The van der Waals surface area contributed by atoms with E-state index in [9.17, 15) is 10.2 Å². The van der Waals surface area contributed by atoms with Crippen molar-refractivity contribution < 1.29 is 10.2 Å². The number of aliphatic hydroxyl groups excluding tert-OH is 1. The molecule has 4 rings (SSSR count). The Morgan fingerprint density at radius 1 is 1.04 bits per heavy atom. The first kappa shape index (κ1) is 19.7. The van der Waals surface area contributed by atoms with Crippen LogP contribution >= 0.6 is 35.4 Å². The summed E-state index contributed by atoms with van der Waals surface area (Å²) in [7, 11) is 0. The van der Waals surface area contributed by atoms with E-state index in [-0.39, 0.29) is 0 Å². The van der Waals surface area contributed by atoms with E-state index in [1.54, 1.807) is 36.4 Å². The second-order valence-electron chi connectivity index (χ2n) is 7.22. The number of benzene rings is 2.